The van der Waals surface area contributed by atoms with Crippen molar-refractivity contribution in [2.24, 2.45) is 0 Å². The van der Waals surface area contributed by atoms with Crippen molar-refractivity contribution in [3.05, 3.63) is 16.3 Å². The highest BCUT2D eigenvalue weighted by molar-refractivity contribution is 14.1. The van der Waals surface area contributed by atoms with Gasteiger partial charge < -0.3 is 15.4 Å². The number of hydrogen-bond acceptors (Lipinski definition) is 5. The molecule has 0 bridgehead atoms. The molecule has 31 heavy (non-hydrogen) atoms. The molecule has 1 aliphatic heterocycles. The summed E-state index contributed by atoms with van der Waals surface area (Å²) in [5.41, 5.74) is 1.09. The van der Waals surface area contributed by atoms with Gasteiger partial charge in [-0.3, -0.25) is 14.5 Å². The molecule has 0 spiro atoms. The third kappa shape index (κ3) is 6.02. The minimum Gasteiger partial charge on any atom is -0.459 e. The Morgan fingerprint density at radius 1 is 0.871 bits per heavy atom. The van der Waals surface area contributed by atoms with E-state index in [4.69, 9.17) is 4.74 Å². The fourth-order valence-corrected chi connectivity index (χ4v) is 8.13. The van der Waals surface area contributed by atoms with Crippen LogP contribution in [-0.2, 0) is 14.3 Å². The molecule has 172 valence electrons. The normalized spacial score (nSPS) is 18.4. The Labute approximate surface area is 224 Å². The molecule has 1 heterocycles. The van der Waals surface area contributed by atoms with Gasteiger partial charge in [0.25, 0.3) is 0 Å². The van der Waals surface area contributed by atoms with E-state index in [0.29, 0.717) is 40.5 Å². The molecule has 2 N–H and O–H groups in total. The minimum absolute atomic E-state index is 0.123. The molecule has 1 aromatic rings. The predicted molar refractivity (Wildman–Crippen MR) is 148 cm³/mol. The van der Waals surface area contributed by atoms with Crippen LogP contribution >= 0.6 is 67.8 Å². The van der Waals surface area contributed by atoms with Gasteiger partial charge in [-0.05, 0) is 103 Å². The van der Waals surface area contributed by atoms with E-state index in [2.05, 4.69) is 118 Å². The molecular formula is C21H28I3N3O4. The van der Waals surface area contributed by atoms with Crippen LogP contribution in [0.4, 0.5) is 11.4 Å². The average Bonchev–Trinajstić information content (AvgIpc) is 2.59. The van der Waals surface area contributed by atoms with Crippen molar-refractivity contribution in [1.82, 2.24) is 4.90 Å². The van der Waals surface area contributed by atoms with Crippen molar-refractivity contribution in [3.8, 4) is 0 Å². The topological polar surface area (TPSA) is 87.7 Å². The first-order valence-electron chi connectivity index (χ1n) is 9.79. The van der Waals surface area contributed by atoms with Crippen molar-refractivity contribution >= 4 is 96.9 Å². The van der Waals surface area contributed by atoms with E-state index in [1.165, 1.54) is 13.8 Å². The Balaban J connectivity index is 2.50. The van der Waals surface area contributed by atoms with E-state index in [-0.39, 0.29) is 29.0 Å². The first kappa shape index (κ1) is 27.0. The van der Waals surface area contributed by atoms with Crippen LogP contribution in [0.5, 0.6) is 0 Å². The molecule has 1 aromatic carbocycles. The lowest BCUT2D eigenvalue weighted by atomic mass is 9.79. The van der Waals surface area contributed by atoms with Gasteiger partial charge in [-0.2, -0.15) is 0 Å². The van der Waals surface area contributed by atoms with Crippen LogP contribution in [0.15, 0.2) is 0 Å². The molecule has 0 unspecified atom stereocenters. The number of nitrogens with one attached hydrogen (secondary N) is 2. The number of likely N-dealkylation sites (tertiary alicyclic amines) is 1. The van der Waals surface area contributed by atoms with Gasteiger partial charge in [-0.1, -0.05) is 0 Å². The van der Waals surface area contributed by atoms with Gasteiger partial charge in [-0.25, -0.2) is 4.79 Å². The number of amides is 2. The molecular weight excluding hydrogens is 739 g/mol. The van der Waals surface area contributed by atoms with Crippen LogP contribution in [0, 0.1) is 10.7 Å². The number of piperidine rings is 1. The number of nitrogens with zero attached hydrogens (tertiary/aromatic N) is 1. The van der Waals surface area contributed by atoms with Gasteiger partial charge in [0.1, 0.15) is 6.10 Å². The lowest BCUT2D eigenvalue weighted by Gasteiger charge is -2.53. The summed E-state index contributed by atoms with van der Waals surface area (Å²) >= 11 is 6.18. The number of anilines is 2. The molecule has 0 aliphatic carbocycles. The van der Waals surface area contributed by atoms with Crippen molar-refractivity contribution < 1.29 is 19.1 Å². The van der Waals surface area contributed by atoms with Gasteiger partial charge in [0.2, 0.25) is 11.8 Å². The number of hydrogen-bond donors (Lipinski definition) is 2. The summed E-state index contributed by atoms with van der Waals surface area (Å²) in [5, 5.41) is 5.58. The molecule has 1 aliphatic rings. The number of benzene rings is 1. The Kier molecular flexibility index (Phi) is 8.68. The number of carbonyl (C=O) groups is 3. The smallest absolute Gasteiger partial charge is 0.340 e. The zero-order valence-electron chi connectivity index (χ0n) is 18.7. The van der Waals surface area contributed by atoms with Crippen LogP contribution in [-0.4, -0.2) is 46.9 Å². The van der Waals surface area contributed by atoms with E-state index < -0.39 is 5.97 Å². The van der Waals surface area contributed by atoms with Crippen molar-refractivity contribution in [2.75, 3.05) is 17.7 Å². The van der Waals surface area contributed by atoms with E-state index >= 15 is 0 Å². The minimum atomic E-state index is -0.454. The van der Waals surface area contributed by atoms with E-state index in [0.717, 1.165) is 0 Å². The number of carbonyl (C=O) groups excluding carboxylic acids is 3. The largest absolute Gasteiger partial charge is 0.459 e. The zero-order valence-corrected chi connectivity index (χ0v) is 25.2. The molecule has 10 heteroatoms. The summed E-state index contributed by atoms with van der Waals surface area (Å²) in [7, 11) is 2.10. The van der Waals surface area contributed by atoms with Gasteiger partial charge >= 0.3 is 5.97 Å². The molecule has 0 saturated carbocycles. The van der Waals surface area contributed by atoms with E-state index in [1.54, 1.807) is 0 Å². The molecule has 1 fully saturated rings. The van der Waals surface area contributed by atoms with E-state index in [9.17, 15) is 14.4 Å². The molecule has 1 saturated heterocycles. The number of ether oxygens (including phenoxy) is 1. The van der Waals surface area contributed by atoms with Crippen LogP contribution < -0.4 is 10.6 Å². The second-order valence-electron chi connectivity index (χ2n) is 9.05. The van der Waals surface area contributed by atoms with E-state index in [1.807, 2.05) is 0 Å². The number of halogens is 3. The molecule has 7 nitrogen and oxygen atoms in total. The molecule has 2 amide bonds. The molecule has 0 radical (unpaired) electrons. The monoisotopic (exact) mass is 767 g/mol. The highest BCUT2D eigenvalue weighted by Crippen LogP contribution is 2.41. The van der Waals surface area contributed by atoms with Crippen LogP contribution in [0.3, 0.4) is 0 Å². The SMILES string of the molecule is CC(=O)Nc1c(I)c(NC(C)=O)c(I)c(C(=O)OC2CC(C)(C)N(C)C(C)(C)C2)c1I. The van der Waals surface area contributed by atoms with Crippen molar-refractivity contribution in [2.45, 2.75) is 71.6 Å². The first-order chi connectivity index (χ1) is 14.1. The lowest BCUT2D eigenvalue weighted by molar-refractivity contribution is -0.115. The van der Waals surface area contributed by atoms with Crippen molar-refractivity contribution in [1.29, 1.82) is 0 Å². The maximum Gasteiger partial charge on any atom is 0.340 e. The number of rotatable bonds is 4. The fraction of sp³-hybridized carbons (Fsp3) is 0.571. The van der Waals surface area contributed by atoms with Gasteiger partial charge in [-0.15, -0.1) is 0 Å². The summed E-state index contributed by atoms with van der Waals surface area (Å²) in [6.07, 6.45) is 1.19. The Bertz CT molecular complexity index is 870. The van der Waals surface area contributed by atoms with Crippen molar-refractivity contribution in [3.63, 3.8) is 0 Å². The quantitative estimate of drug-likeness (QED) is 0.324. The Morgan fingerprint density at radius 2 is 1.26 bits per heavy atom. The average molecular weight is 767 g/mol. The molecule has 0 atom stereocenters. The summed E-state index contributed by atoms with van der Waals surface area (Å²) in [4.78, 5) is 39.3. The molecule has 2 rings (SSSR count). The zero-order chi connectivity index (χ0) is 23.9. The third-order valence-electron chi connectivity index (χ3n) is 5.67. The maximum absolute atomic E-state index is 13.4. The number of esters is 1. The predicted octanol–water partition coefficient (Wildman–Crippen LogP) is 5.23. The van der Waals surface area contributed by atoms with Crippen LogP contribution in [0.1, 0.15) is 64.7 Å². The second kappa shape index (κ2) is 9.95. The first-order valence-corrected chi connectivity index (χ1v) is 13.0. The van der Waals surface area contributed by atoms with Crippen LogP contribution in [0.25, 0.3) is 0 Å². The highest BCUT2D eigenvalue weighted by atomic mass is 127. The second-order valence-corrected chi connectivity index (χ2v) is 12.3. The van der Waals surface area contributed by atoms with Crippen LogP contribution in [0.2, 0.25) is 0 Å². The summed E-state index contributed by atoms with van der Waals surface area (Å²) in [6, 6.07) is 0. The fourth-order valence-electron chi connectivity index (χ4n) is 3.99. The Hall–Kier alpha value is -0.220. The van der Waals surface area contributed by atoms with Gasteiger partial charge in [0.15, 0.2) is 0 Å². The maximum atomic E-state index is 13.4. The lowest BCUT2D eigenvalue weighted by Crippen LogP contribution is -2.60. The summed E-state index contributed by atoms with van der Waals surface area (Å²) in [6.45, 7) is 11.4. The van der Waals surface area contributed by atoms with Gasteiger partial charge in [0, 0.05) is 37.8 Å². The third-order valence-corrected chi connectivity index (χ3v) is 8.90. The Morgan fingerprint density at radius 3 is 1.61 bits per heavy atom. The summed E-state index contributed by atoms with van der Waals surface area (Å²) < 4.78 is 7.86. The summed E-state index contributed by atoms with van der Waals surface area (Å²) in [5.74, 6) is -0.975. The standard InChI is InChI=1S/C21H28I3N3O4/c1-10(28)25-17-14(22)13(15(23)18(16(17)24)26-11(2)29)19(30)31-12-8-20(3,4)27(7)21(5,6)9-12/h12H,8-9H2,1-7H3,(H,25,28)(H,26,29). The highest BCUT2D eigenvalue weighted by Gasteiger charge is 2.44. The van der Waals surface area contributed by atoms with Gasteiger partial charge in [0.05, 0.1) is 27.6 Å². The molecule has 0 aromatic heterocycles.